The van der Waals surface area contributed by atoms with E-state index in [1.165, 1.54) is 167 Å². The van der Waals surface area contributed by atoms with Gasteiger partial charge in [0.1, 0.15) is 6.61 Å². The number of hydrogen-bond acceptors (Lipinski definition) is 5. The van der Waals surface area contributed by atoms with Gasteiger partial charge >= 0.3 is 11.9 Å². The Balaban J connectivity index is 3.48. The molecule has 0 radical (unpaired) electrons. The van der Waals surface area contributed by atoms with Crippen LogP contribution < -0.4 is 0 Å². The van der Waals surface area contributed by atoms with Crippen LogP contribution in [-0.2, 0) is 19.1 Å². The summed E-state index contributed by atoms with van der Waals surface area (Å²) in [6, 6.07) is 0. The van der Waals surface area contributed by atoms with Crippen molar-refractivity contribution in [3.8, 4) is 0 Å². The molecular formula is C47H88O5. The molecule has 5 heteroatoms. The summed E-state index contributed by atoms with van der Waals surface area (Å²) in [6.07, 6.45) is 52.5. The molecule has 52 heavy (non-hydrogen) atoms. The third-order valence-electron chi connectivity index (χ3n) is 10.2. The van der Waals surface area contributed by atoms with Crippen molar-refractivity contribution in [2.45, 2.75) is 251 Å². The number of hydrogen-bond donors (Lipinski definition) is 1. The molecule has 0 heterocycles. The second-order valence-electron chi connectivity index (χ2n) is 15.5. The Hall–Kier alpha value is -1.62. The quantitative estimate of drug-likeness (QED) is 0.0384. The number of aliphatic hydroxyl groups excluding tert-OH is 1. The van der Waals surface area contributed by atoms with Crippen LogP contribution in [0.15, 0.2) is 24.3 Å². The maximum Gasteiger partial charge on any atom is 0.306 e. The predicted octanol–water partition coefficient (Wildman–Crippen LogP) is 14.6. The number of aliphatic hydroxyl groups is 1. The summed E-state index contributed by atoms with van der Waals surface area (Å²) in [5, 5.41) is 9.59. The van der Waals surface area contributed by atoms with Crippen LogP contribution >= 0.6 is 0 Å². The average Bonchev–Trinajstić information content (AvgIpc) is 3.15. The standard InChI is InChI=1S/C47H88O5/c1-3-5-7-9-11-13-15-17-19-21-22-23-24-26-27-29-31-33-35-37-39-41-46(49)51-44-45(43-48)52-47(50)42-40-38-36-34-32-30-28-25-20-18-16-14-12-10-8-6-4-2/h12,14,18,20,45,48H,3-11,13,15-17,19,21-44H2,1-2H3/b14-12-,20-18-. The van der Waals surface area contributed by atoms with Gasteiger partial charge in [-0.25, -0.2) is 0 Å². The van der Waals surface area contributed by atoms with Gasteiger partial charge in [0.15, 0.2) is 6.10 Å². The Bertz CT molecular complexity index is 791. The molecule has 0 spiro atoms. The van der Waals surface area contributed by atoms with Crippen LogP contribution in [0.5, 0.6) is 0 Å². The highest BCUT2D eigenvalue weighted by Gasteiger charge is 2.16. The number of carbonyl (C=O) groups excluding carboxylic acids is 2. The van der Waals surface area contributed by atoms with Crippen molar-refractivity contribution in [1.29, 1.82) is 0 Å². The molecule has 0 bridgehead atoms. The molecule has 0 aliphatic heterocycles. The number of rotatable bonds is 42. The first kappa shape index (κ1) is 50.4. The lowest BCUT2D eigenvalue weighted by molar-refractivity contribution is -0.161. The molecule has 306 valence electrons. The number of ether oxygens (including phenoxy) is 2. The van der Waals surface area contributed by atoms with Crippen molar-refractivity contribution >= 4 is 11.9 Å². The van der Waals surface area contributed by atoms with Crippen LogP contribution in [0.25, 0.3) is 0 Å². The minimum absolute atomic E-state index is 0.0642. The van der Waals surface area contributed by atoms with Gasteiger partial charge in [0.05, 0.1) is 6.61 Å². The maximum atomic E-state index is 12.2. The van der Waals surface area contributed by atoms with E-state index in [1.807, 2.05) is 0 Å². The zero-order valence-electron chi connectivity index (χ0n) is 34.8. The third kappa shape index (κ3) is 41.1. The fourth-order valence-electron chi connectivity index (χ4n) is 6.76. The van der Waals surface area contributed by atoms with Crippen molar-refractivity contribution in [3.63, 3.8) is 0 Å². The van der Waals surface area contributed by atoms with E-state index in [0.29, 0.717) is 12.8 Å². The van der Waals surface area contributed by atoms with Crippen molar-refractivity contribution in [3.05, 3.63) is 24.3 Å². The zero-order chi connectivity index (χ0) is 37.8. The molecule has 0 aromatic heterocycles. The molecule has 0 saturated carbocycles. The van der Waals surface area contributed by atoms with Gasteiger partial charge in [-0.05, 0) is 44.9 Å². The van der Waals surface area contributed by atoms with E-state index in [9.17, 15) is 14.7 Å². The minimum Gasteiger partial charge on any atom is -0.462 e. The Morgan fingerprint density at radius 3 is 1.17 bits per heavy atom. The first-order valence-corrected chi connectivity index (χ1v) is 22.9. The van der Waals surface area contributed by atoms with E-state index in [4.69, 9.17) is 9.47 Å². The first-order chi connectivity index (χ1) is 25.6. The van der Waals surface area contributed by atoms with Crippen molar-refractivity contribution in [2.75, 3.05) is 13.2 Å². The molecule has 1 atom stereocenters. The summed E-state index contributed by atoms with van der Waals surface area (Å²) in [6.45, 7) is 4.14. The number of carbonyl (C=O) groups is 2. The van der Waals surface area contributed by atoms with Crippen LogP contribution in [-0.4, -0.2) is 36.4 Å². The maximum absolute atomic E-state index is 12.2. The van der Waals surface area contributed by atoms with Crippen LogP contribution in [0.4, 0.5) is 0 Å². The second-order valence-corrected chi connectivity index (χ2v) is 15.5. The second kappa shape index (κ2) is 43.8. The molecular weight excluding hydrogens is 645 g/mol. The number of unbranched alkanes of at least 4 members (excludes halogenated alkanes) is 30. The molecule has 0 fully saturated rings. The average molecular weight is 733 g/mol. The van der Waals surface area contributed by atoms with Gasteiger partial charge in [0, 0.05) is 12.8 Å². The Kier molecular flexibility index (Phi) is 42.4. The van der Waals surface area contributed by atoms with Gasteiger partial charge in [0.25, 0.3) is 0 Å². The van der Waals surface area contributed by atoms with Gasteiger partial charge in [-0.3, -0.25) is 9.59 Å². The van der Waals surface area contributed by atoms with Crippen molar-refractivity contribution in [1.82, 2.24) is 0 Å². The Morgan fingerprint density at radius 1 is 0.442 bits per heavy atom. The number of esters is 2. The largest absolute Gasteiger partial charge is 0.462 e. The van der Waals surface area contributed by atoms with Gasteiger partial charge in [-0.1, -0.05) is 212 Å². The molecule has 1 unspecified atom stereocenters. The lowest BCUT2D eigenvalue weighted by atomic mass is 10.0. The predicted molar refractivity (Wildman–Crippen MR) is 224 cm³/mol. The molecule has 0 aromatic rings. The summed E-state index contributed by atoms with van der Waals surface area (Å²) in [5.74, 6) is -0.587. The lowest BCUT2D eigenvalue weighted by Gasteiger charge is -2.15. The normalized spacial score (nSPS) is 12.3. The van der Waals surface area contributed by atoms with Gasteiger partial charge in [0.2, 0.25) is 0 Å². The van der Waals surface area contributed by atoms with E-state index in [2.05, 4.69) is 38.2 Å². The van der Waals surface area contributed by atoms with Crippen LogP contribution in [0, 0.1) is 0 Å². The molecule has 0 aliphatic carbocycles. The van der Waals surface area contributed by atoms with Gasteiger partial charge in [-0.2, -0.15) is 0 Å². The van der Waals surface area contributed by atoms with Crippen molar-refractivity contribution < 1.29 is 24.2 Å². The van der Waals surface area contributed by atoms with Gasteiger partial charge in [-0.15, -0.1) is 0 Å². The molecule has 0 saturated heterocycles. The zero-order valence-corrected chi connectivity index (χ0v) is 34.8. The summed E-state index contributed by atoms with van der Waals surface area (Å²) in [5.41, 5.74) is 0. The van der Waals surface area contributed by atoms with E-state index >= 15 is 0 Å². The van der Waals surface area contributed by atoms with E-state index in [1.54, 1.807) is 0 Å². The summed E-state index contributed by atoms with van der Waals surface area (Å²) in [7, 11) is 0. The third-order valence-corrected chi connectivity index (χ3v) is 10.2. The monoisotopic (exact) mass is 733 g/mol. The van der Waals surface area contributed by atoms with Crippen LogP contribution in [0.2, 0.25) is 0 Å². The fraction of sp³-hybridized carbons (Fsp3) is 0.872. The summed E-state index contributed by atoms with van der Waals surface area (Å²) < 4.78 is 10.6. The highest BCUT2D eigenvalue weighted by molar-refractivity contribution is 5.70. The van der Waals surface area contributed by atoms with E-state index in [0.717, 1.165) is 51.4 Å². The highest BCUT2D eigenvalue weighted by atomic mass is 16.6. The minimum atomic E-state index is -0.771. The fourth-order valence-corrected chi connectivity index (χ4v) is 6.76. The lowest BCUT2D eigenvalue weighted by Crippen LogP contribution is -2.28. The van der Waals surface area contributed by atoms with E-state index < -0.39 is 6.10 Å². The van der Waals surface area contributed by atoms with Gasteiger partial charge < -0.3 is 14.6 Å². The van der Waals surface area contributed by atoms with Crippen molar-refractivity contribution in [2.24, 2.45) is 0 Å². The van der Waals surface area contributed by atoms with Crippen LogP contribution in [0.3, 0.4) is 0 Å². The summed E-state index contributed by atoms with van der Waals surface area (Å²) >= 11 is 0. The Labute approximate surface area is 323 Å². The SMILES string of the molecule is CCCCC/C=C\C/C=C\CCCCCCCCCC(=O)OC(CO)COC(=O)CCCCCCCCCCCCCCCCCCCCCCC. The van der Waals surface area contributed by atoms with E-state index in [-0.39, 0.29) is 25.2 Å². The molecule has 1 N–H and O–H groups in total. The first-order valence-electron chi connectivity index (χ1n) is 22.9. The molecule has 0 amide bonds. The molecule has 0 aromatic carbocycles. The highest BCUT2D eigenvalue weighted by Crippen LogP contribution is 2.16. The number of allylic oxidation sites excluding steroid dienone is 4. The topological polar surface area (TPSA) is 72.8 Å². The van der Waals surface area contributed by atoms with Crippen LogP contribution in [0.1, 0.15) is 245 Å². The smallest absolute Gasteiger partial charge is 0.306 e. The molecule has 5 nitrogen and oxygen atoms in total. The Morgan fingerprint density at radius 2 is 0.769 bits per heavy atom. The summed E-state index contributed by atoms with van der Waals surface area (Å²) in [4.78, 5) is 24.4. The molecule has 0 rings (SSSR count). The molecule has 0 aliphatic rings.